The van der Waals surface area contributed by atoms with Gasteiger partial charge in [-0.05, 0) is 33.1 Å². The second-order valence-corrected chi connectivity index (χ2v) is 5.54. The van der Waals surface area contributed by atoms with Crippen LogP contribution in [0.5, 0.6) is 0 Å². The topological polar surface area (TPSA) is 63.6 Å². The zero-order valence-electron chi connectivity index (χ0n) is 11.3. The highest BCUT2D eigenvalue weighted by atomic mass is 16.6. The van der Waals surface area contributed by atoms with Crippen LogP contribution in [0, 0.1) is 5.92 Å². The van der Waals surface area contributed by atoms with Crippen LogP contribution in [0.25, 0.3) is 0 Å². The summed E-state index contributed by atoms with van der Waals surface area (Å²) in [4.78, 5) is 21.8. The van der Waals surface area contributed by atoms with Crippen LogP contribution < -0.4 is 0 Å². The zero-order valence-corrected chi connectivity index (χ0v) is 11.3. The van der Waals surface area contributed by atoms with Gasteiger partial charge in [-0.15, -0.1) is 0 Å². The van der Waals surface area contributed by atoms with Crippen molar-refractivity contribution < 1.29 is 19.4 Å². The summed E-state index contributed by atoms with van der Waals surface area (Å²) >= 11 is 0. The van der Waals surface area contributed by atoms with E-state index in [9.17, 15) is 9.59 Å². The van der Waals surface area contributed by atoms with Crippen molar-refractivity contribution in [1.29, 1.82) is 0 Å². The van der Waals surface area contributed by atoms with Crippen LogP contribution in [0.2, 0.25) is 0 Å². The molecule has 0 bridgehead atoms. The SMILES string of the molecule is CC(CCCCC(=O)O)CC(=O)OC(C)(C)C. The van der Waals surface area contributed by atoms with Crippen molar-refractivity contribution in [3.05, 3.63) is 0 Å². The van der Waals surface area contributed by atoms with Crippen molar-refractivity contribution in [3.8, 4) is 0 Å². The first-order valence-corrected chi connectivity index (χ1v) is 6.14. The molecule has 0 aromatic heterocycles. The number of hydrogen-bond donors (Lipinski definition) is 1. The minimum Gasteiger partial charge on any atom is -0.481 e. The summed E-state index contributed by atoms with van der Waals surface area (Å²) in [6, 6.07) is 0. The predicted molar refractivity (Wildman–Crippen MR) is 65.7 cm³/mol. The maximum atomic E-state index is 11.5. The largest absolute Gasteiger partial charge is 0.481 e. The van der Waals surface area contributed by atoms with Crippen molar-refractivity contribution in [1.82, 2.24) is 0 Å². The van der Waals surface area contributed by atoms with E-state index in [4.69, 9.17) is 9.84 Å². The number of hydrogen-bond acceptors (Lipinski definition) is 3. The number of carbonyl (C=O) groups excluding carboxylic acids is 1. The number of carboxylic acid groups (broad SMARTS) is 1. The normalized spacial score (nSPS) is 13.2. The van der Waals surface area contributed by atoms with E-state index < -0.39 is 11.6 Å². The second kappa shape index (κ2) is 7.30. The van der Waals surface area contributed by atoms with Gasteiger partial charge in [0.25, 0.3) is 0 Å². The van der Waals surface area contributed by atoms with Gasteiger partial charge in [-0.1, -0.05) is 19.8 Å². The molecule has 0 rings (SSSR count). The molecule has 0 aromatic rings. The summed E-state index contributed by atoms with van der Waals surface area (Å²) in [5.41, 5.74) is -0.430. The van der Waals surface area contributed by atoms with Gasteiger partial charge in [-0.3, -0.25) is 9.59 Å². The zero-order chi connectivity index (χ0) is 13.5. The molecule has 0 aliphatic carbocycles. The highest BCUT2D eigenvalue weighted by molar-refractivity contribution is 5.70. The molecular formula is C13H24O4. The molecule has 1 atom stereocenters. The smallest absolute Gasteiger partial charge is 0.306 e. The van der Waals surface area contributed by atoms with Crippen LogP contribution in [0.1, 0.15) is 59.8 Å². The third-order valence-corrected chi connectivity index (χ3v) is 2.27. The summed E-state index contributed by atoms with van der Waals surface area (Å²) in [6.45, 7) is 7.54. The van der Waals surface area contributed by atoms with Crippen molar-refractivity contribution in [2.45, 2.75) is 65.4 Å². The first kappa shape index (κ1) is 15.9. The molecule has 4 heteroatoms. The molecule has 4 nitrogen and oxygen atoms in total. The van der Waals surface area contributed by atoms with Crippen LogP contribution >= 0.6 is 0 Å². The third-order valence-electron chi connectivity index (χ3n) is 2.27. The molecule has 0 aliphatic rings. The lowest BCUT2D eigenvalue weighted by molar-refractivity contribution is -0.156. The summed E-state index contributed by atoms with van der Waals surface area (Å²) in [7, 11) is 0. The molecular weight excluding hydrogens is 220 g/mol. The van der Waals surface area contributed by atoms with Gasteiger partial charge in [0.1, 0.15) is 5.60 Å². The minimum atomic E-state index is -0.759. The number of carboxylic acids is 1. The van der Waals surface area contributed by atoms with Gasteiger partial charge in [-0.2, -0.15) is 0 Å². The Bertz CT molecular complexity index is 253. The number of esters is 1. The van der Waals surface area contributed by atoms with Crippen LogP contribution in [0.4, 0.5) is 0 Å². The Morgan fingerprint density at radius 1 is 1.24 bits per heavy atom. The molecule has 0 saturated carbocycles. The van der Waals surface area contributed by atoms with E-state index in [1.54, 1.807) is 0 Å². The number of ether oxygens (including phenoxy) is 1. The average molecular weight is 244 g/mol. The molecule has 17 heavy (non-hydrogen) atoms. The Balaban J connectivity index is 3.68. The number of rotatable bonds is 7. The van der Waals surface area contributed by atoms with Crippen molar-refractivity contribution in [2.75, 3.05) is 0 Å². The van der Waals surface area contributed by atoms with Gasteiger partial charge >= 0.3 is 11.9 Å². The van der Waals surface area contributed by atoms with Gasteiger partial charge in [0.05, 0.1) is 0 Å². The van der Waals surface area contributed by atoms with Crippen molar-refractivity contribution >= 4 is 11.9 Å². The molecule has 0 radical (unpaired) electrons. The van der Waals surface area contributed by atoms with Gasteiger partial charge in [0, 0.05) is 12.8 Å². The van der Waals surface area contributed by atoms with E-state index in [0.29, 0.717) is 12.8 Å². The van der Waals surface area contributed by atoms with E-state index >= 15 is 0 Å². The second-order valence-electron chi connectivity index (χ2n) is 5.54. The Kier molecular flexibility index (Phi) is 6.85. The molecule has 0 spiro atoms. The highest BCUT2D eigenvalue weighted by Crippen LogP contribution is 2.16. The number of aliphatic carboxylic acids is 1. The third kappa shape index (κ3) is 11.2. The molecule has 0 aliphatic heterocycles. The minimum absolute atomic E-state index is 0.178. The van der Waals surface area contributed by atoms with Crippen LogP contribution in [0.15, 0.2) is 0 Å². The predicted octanol–water partition coefficient (Wildman–Crippen LogP) is 3.00. The lowest BCUT2D eigenvalue weighted by Gasteiger charge is -2.20. The number of carbonyl (C=O) groups is 2. The monoisotopic (exact) mass is 244 g/mol. The molecule has 100 valence electrons. The average Bonchev–Trinajstić information content (AvgIpc) is 2.08. The summed E-state index contributed by atoms with van der Waals surface area (Å²) < 4.78 is 5.22. The molecule has 1 N–H and O–H groups in total. The Hall–Kier alpha value is -1.06. The molecule has 0 amide bonds. The van der Waals surface area contributed by atoms with Crippen molar-refractivity contribution in [3.63, 3.8) is 0 Å². The fraction of sp³-hybridized carbons (Fsp3) is 0.846. The molecule has 0 heterocycles. The summed E-state index contributed by atoms with van der Waals surface area (Å²) in [6.07, 6.45) is 3.00. The molecule has 0 aromatic carbocycles. The van der Waals surface area contributed by atoms with Crippen LogP contribution in [-0.4, -0.2) is 22.6 Å². The molecule has 1 unspecified atom stereocenters. The van der Waals surface area contributed by atoms with Crippen molar-refractivity contribution in [2.24, 2.45) is 5.92 Å². The van der Waals surface area contributed by atoms with E-state index in [-0.39, 0.29) is 18.3 Å². The Labute approximate surface area is 103 Å². The highest BCUT2D eigenvalue weighted by Gasteiger charge is 2.18. The van der Waals surface area contributed by atoms with E-state index in [0.717, 1.165) is 12.8 Å². The first-order chi connectivity index (χ1) is 7.70. The summed E-state index contributed by atoms with van der Waals surface area (Å²) in [5.74, 6) is -0.688. The lowest BCUT2D eigenvalue weighted by Crippen LogP contribution is -2.24. The van der Waals surface area contributed by atoms with Gasteiger partial charge in [0.2, 0.25) is 0 Å². The summed E-state index contributed by atoms with van der Waals surface area (Å²) in [5, 5.41) is 8.48. The maximum Gasteiger partial charge on any atom is 0.306 e. The lowest BCUT2D eigenvalue weighted by atomic mass is 10.00. The first-order valence-electron chi connectivity index (χ1n) is 6.14. The van der Waals surface area contributed by atoms with Crippen LogP contribution in [-0.2, 0) is 14.3 Å². The Morgan fingerprint density at radius 2 is 1.82 bits per heavy atom. The van der Waals surface area contributed by atoms with E-state index in [2.05, 4.69) is 0 Å². The maximum absolute atomic E-state index is 11.5. The molecule has 0 saturated heterocycles. The van der Waals surface area contributed by atoms with Crippen LogP contribution in [0.3, 0.4) is 0 Å². The standard InChI is InChI=1S/C13H24O4/c1-10(7-5-6-8-11(14)15)9-12(16)17-13(2,3)4/h10H,5-9H2,1-4H3,(H,14,15). The van der Waals surface area contributed by atoms with E-state index in [1.165, 1.54) is 0 Å². The fourth-order valence-corrected chi connectivity index (χ4v) is 1.54. The van der Waals surface area contributed by atoms with E-state index in [1.807, 2.05) is 27.7 Å². The van der Waals surface area contributed by atoms with Gasteiger partial charge in [-0.25, -0.2) is 0 Å². The Morgan fingerprint density at radius 3 is 2.29 bits per heavy atom. The quantitative estimate of drug-likeness (QED) is 0.552. The fourth-order valence-electron chi connectivity index (χ4n) is 1.54. The van der Waals surface area contributed by atoms with Gasteiger partial charge in [0.15, 0.2) is 0 Å². The number of unbranched alkanes of at least 4 members (excludes halogenated alkanes) is 1. The van der Waals surface area contributed by atoms with Gasteiger partial charge < -0.3 is 9.84 Å². The molecule has 0 fully saturated rings.